The molecule has 0 aromatic heterocycles. The second-order valence-corrected chi connectivity index (χ2v) is 4.34. The molecule has 0 aliphatic carbocycles. The topological polar surface area (TPSA) is 111 Å². The summed E-state index contributed by atoms with van der Waals surface area (Å²) in [7, 11) is 0. The molecule has 1 unspecified atom stereocenters. The summed E-state index contributed by atoms with van der Waals surface area (Å²) in [6.07, 6.45) is 0. The van der Waals surface area contributed by atoms with Crippen LogP contribution in [0.1, 0.15) is 6.92 Å². The van der Waals surface area contributed by atoms with Gasteiger partial charge in [-0.15, -0.1) is 0 Å². The Bertz CT molecular complexity index is 154. The molecule has 8 N–H and O–H groups in total. The van der Waals surface area contributed by atoms with Crippen LogP contribution in [0.25, 0.3) is 0 Å². The van der Waals surface area contributed by atoms with Crippen molar-refractivity contribution < 1.29 is 0 Å². The Morgan fingerprint density at radius 3 is 1.53 bits per heavy atom. The third kappa shape index (κ3) is 7.64. The first-order chi connectivity index (χ1) is 8.19. The van der Waals surface area contributed by atoms with E-state index in [9.17, 15) is 0 Å². The van der Waals surface area contributed by atoms with Crippen LogP contribution in [0.4, 0.5) is 0 Å². The van der Waals surface area contributed by atoms with Crippen molar-refractivity contribution in [2.45, 2.75) is 13.0 Å². The summed E-state index contributed by atoms with van der Waals surface area (Å²) in [4.78, 5) is 4.62. The highest BCUT2D eigenvalue weighted by molar-refractivity contribution is 4.73. The van der Waals surface area contributed by atoms with Gasteiger partial charge in [0.1, 0.15) is 0 Å². The van der Waals surface area contributed by atoms with Crippen LogP contribution in [-0.4, -0.2) is 74.7 Å². The minimum atomic E-state index is 0.431. The van der Waals surface area contributed by atoms with Gasteiger partial charge in [0, 0.05) is 64.9 Å². The van der Waals surface area contributed by atoms with Crippen LogP contribution in [0.15, 0.2) is 0 Å². The number of nitrogens with zero attached hydrogens (tertiary/aromatic N) is 2. The SMILES string of the molecule is CC(CN(CCN)CCN)N(CCN)CCN. The zero-order valence-corrected chi connectivity index (χ0v) is 11.1. The standard InChI is InChI=1S/C11H30N6/c1-11(17(8-4-14)9-5-15)10-16(6-2-12)7-3-13/h11H,2-10,12-15H2,1H3. The molecule has 0 amide bonds. The van der Waals surface area contributed by atoms with E-state index in [-0.39, 0.29) is 0 Å². The predicted molar refractivity (Wildman–Crippen MR) is 73.7 cm³/mol. The molecular weight excluding hydrogens is 216 g/mol. The van der Waals surface area contributed by atoms with E-state index in [1.54, 1.807) is 0 Å². The molecule has 0 aliphatic heterocycles. The van der Waals surface area contributed by atoms with Crippen molar-refractivity contribution in [2.24, 2.45) is 22.9 Å². The van der Waals surface area contributed by atoms with E-state index >= 15 is 0 Å². The summed E-state index contributed by atoms with van der Waals surface area (Å²) in [5.74, 6) is 0. The average molecular weight is 246 g/mol. The maximum absolute atomic E-state index is 5.61. The number of hydrogen-bond donors (Lipinski definition) is 4. The largest absolute Gasteiger partial charge is 0.329 e. The monoisotopic (exact) mass is 246 g/mol. The third-order valence-electron chi connectivity index (χ3n) is 2.87. The van der Waals surface area contributed by atoms with E-state index in [1.165, 1.54) is 0 Å². The summed E-state index contributed by atoms with van der Waals surface area (Å²) in [5.41, 5.74) is 22.4. The molecule has 0 heterocycles. The quantitative estimate of drug-likeness (QED) is 0.330. The zero-order valence-electron chi connectivity index (χ0n) is 11.1. The van der Waals surface area contributed by atoms with Gasteiger partial charge in [0.2, 0.25) is 0 Å². The summed E-state index contributed by atoms with van der Waals surface area (Å²) in [6, 6.07) is 0.431. The third-order valence-corrected chi connectivity index (χ3v) is 2.87. The van der Waals surface area contributed by atoms with Gasteiger partial charge in [0.25, 0.3) is 0 Å². The molecule has 0 aromatic carbocycles. The molecule has 0 aliphatic rings. The summed E-state index contributed by atoms with van der Waals surface area (Å²) >= 11 is 0. The Morgan fingerprint density at radius 2 is 1.18 bits per heavy atom. The lowest BCUT2D eigenvalue weighted by molar-refractivity contribution is 0.157. The molecular formula is C11H30N6. The molecule has 0 saturated carbocycles. The van der Waals surface area contributed by atoms with Crippen molar-refractivity contribution in [1.82, 2.24) is 9.80 Å². The molecule has 0 saturated heterocycles. The molecule has 6 heteroatoms. The van der Waals surface area contributed by atoms with Gasteiger partial charge in [-0.1, -0.05) is 0 Å². The second kappa shape index (κ2) is 10.9. The van der Waals surface area contributed by atoms with Crippen LogP contribution in [-0.2, 0) is 0 Å². The lowest BCUT2D eigenvalue weighted by atomic mass is 10.2. The fraction of sp³-hybridized carbons (Fsp3) is 1.00. The summed E-state index contributed by atoms with van der Waals surface area (Å²) in [5, 5.41) is 0. The van der Waals surface area contributed by atoms with Gasteiger partial charge < -0.3 is 22.9 Å². The number of hydrogen-bond acceptors (Lipinski definition) is 6. The maximum atomic E-state index is 5.61. The van der Waals surface area contributed by atoms with Crippen molar-refractivity contribution in [2.75, 3.05) is 58.9 Å². The normalized spacial score (nSPS) is 13.6. The Kier molecular flexibility index (Phi) is 10.7. The van der Waals surface area contributed by atoms with Gasteiger partial charge in [-0.2, -0.15) is 0 Å². The first kappa shape index (κ1) is 16.8. The van der Waals surface area contributed by atoms with Gasteiger partial charge in [0.05, 0.1) is 0 Å². The lowest BCUT2D eigenvalue weighted by Gasteiger charge is -2.32. The molecule has 0 bridgehead atoms. The van der Waals surface area contributed by atoms with Gasteiger partial charge in [0.15, 0.2) is 0 Å². The fourth-order valence-electron chi connectivity index (χ4n) is 2.03. The van der Waals surface area contributed by atoms with Gasteiger partial charge in [-0.25, -0.2) is 0 Å². The first-order valence-electron chi connectivity index (χ1n) is 6.46. The van der Waals surface area contributed by atoms with Crippen LogP contribution < -0.4 is 22.9 Å². The van der Waals surface area contributed by atoms with E-state index < -0.39 is 0 Å². The smallest absolute Gasteiger partial charge is 0.0195 e. The summed E-state index contributed by atoms with van der Waals surface area (Å²) in [6.45, 7) is 9.38. The predicted octanol–water partition coefficient (Wildman–Crippen LogP) is -2.19. The molecule has 1 atom stereocenters. The second-order valence-electron chi connectivity index (χ2n) is 4.34. The van der Waals surface area contributed by atoms with Crippen molar-refractivity contribution in [1.29, 1.82) is 0 Å². The van der Waals surface area contributed by atoms with Gasteiger partial charge in [-0.3, -0.25) is 9.80 Å². The Balaban J connectivity index is 4.16. The highest BCUT2D eigenvalue weighted by Crippen LogP contribution is 2.01. The molecule has 0 aromatic rings. The molecule has 6 nitrogen and oxygen atoms in total. The fourth-order valence-corrected chi connectivity index (χ4v) is 2.03. The molecule has 0 radical (unpaired) electrons. The highest BCUT2D eigenvalue weighted by atomic mass is 15.2. The van der Waals surface area contributed by atoms with Crippen molar-refractivity contribution >= 4 is 0 Å². The van der Waals surface area contributed by atoms with E-state index in [1.807, 2.05) is 0 Å². The minimum absolute atomic E-state index is 0.431. The van der Waals surface area contributed by atoms with Gasteiger partial charge in [-0.05, 0) is 6.92 Å². The van der Waals surface area contributed by atoms with E-state index in [0.29, 0.717) is 32.2 Å². The van der Waals surface area contributed by atoms with Crippen molar-refractivity contribution in [3.63, 3.8) is 0 Å². The van der Waals surface area contributed by atoms with Crippen LogP contribution in [0.5, 0.6) is 0 Å². The Morgan fingerprint density at radius 1 is 0.765 bits per heavy atom. The lowest BCUT2D eigenvalue weighted by Crippen LogP contribution is -2.48. The van der Waals surface area contributed by atoms with Crippen LogP contribution in [0, 0.1) is 0 Å². The van der Waals surface area contributed by atoms with E-state index in [4.69, 9.17) is 22.9 Å². The van der Waals surface area contributed by atoms with Gasteiger partial charge >= 0.3 is 0 Å². The zero-order chi connectivity index (χ0) is 13.1. The maximum Gasteiger partial charge on any atom is 0.0195 e. The van der Waals surface area contributed by atoms with Crippen molar-refractivity contribution in [3.05, 3.63) is 0 Å². The van der Waals surface area contributed by atoms with Crippen molar-refractivity contribution in [3.8, 4) is 0 Å². The van der Waals surface area contributed by atoms with Crippen LogP contribution in [0.2, 0.25) is 0 Å². The minimum Gasteiger partial charge on any atom is -0.329 e. The average Bonchev–Trinajstić information content (AvgIpc) is 2.29. The molecule has 17 heavy (non-hydrogen) atoms. The van der Waals surface area contributed by atoms with Crippen LogP contribution in [0.3, 0.4) is 0 Å². The Labute approximate surface area is 105 Å². The number of rotatable bonds is 11. The summed E-state index contributed by atoms with van der Waals surface area (Å²) < 4.78 is 0. The highest BCUT2D eigenvalue weighted by Gasteiger charge is 2.15. The molecule has 0 spiro atoms. The molecule has 0 rings (SSSR count). The van der Waals surface area contributed by atoms with E-state index in [2.05, 4.69) is 16.7 Å². The first-order valence-corrected chi connectivity index (χ1v) is 6.46. The van der Waals surface area contributed by atoms with Crippen LogP contribution >= 0.6 is 0 Å². The Hall–Kier alpha value is -0.240. The number of nitrogens with two attached hydrogens (primary N) is 4. The van der Waals surface area contributed by atoms with E-state index in [0.717, 1.165) is 32.7 Å². The molecule has 104 valence electrons. The molecule has 0 fully saturated rings.